The minimum atomic E-state index is -0.300. The Balaban J connectivity index is 0.000000720. The Hall–Kier alpha value is -1.02. The van der Waals surface area contributed by atoms with Crippen molar-refractivity contribution in [1.82, 2.24) is 5.32 Å². The van der Waals surface area contributed by atoms with Gasteiger partial charge < -0.3 is 0 Å². The van der Waals surface area contributed by atoms with E-state index in [1.165, 1.54) is 0 Å². The quantitative estimate of drug-likeness (QED) is 0.539. The SMILES string of the molecule is O=C1NC(=O)c2ccccc21.[Ru]. The summed E-state index contributed by atoms with van der Waals surface area (Å²) in [5.41, 5.74) is 0.940. The number of benzene rings is 1. The summed E-state index contributed by atoms with van der Waals surface area (Å²) in [7, 11) is 0. The number of fused-ring (bicyclic) bond motifs is 1. The van der Waals surface area contributed by atoms with E-state index in [0.29, 0.717) is 11.1 Å². The number of carbonyl (C=O) groups excluding carboxylic acids is 2. The van der Waals surface area contributed by atoms with Gasteiger partial charge in [0.05, 0.1) is 11.1 Å². The van der Waals surface area contributed by atoms with Crippen LogP contribution in [0, 0.1) is 0 Å². The molecule has 62 valence electrons. The summed E-state index contributed by atoms with van der Waals surface area (Å²) in [6.07, 6.45) is 0. The fourth-order valence-corrected chi connectivity index (χ4v) is 1.12. The molecule has 0 fully saturated rings. The number of nitrogens with one attached hydrogen (secondary N) is 1. The van der Waals surface area contributed by atoms with Crippen LogP contribution in [0.4, 0.5) is 0 Å². The number of rotatable bonds is 0. The summed E-state index contributed by atoms with van der Waals surface area (Å²) < 4.78 is 0. The Morgan fingerprint density at radius 1 is 0.917 bits per heavy atom. The molecule has 0 radical (unpaired) electrons. The molecule has 1 aliphatic rings. The molecule has 2 amide bonds. The van der Waals surface area contributed by atoms with Crippen LogP contribution in [0.3, 0.4) is 0 Å². The Kier molecular flexibility index (Phi) is 2.38. The molecule has 0 aromatic heterocycles. The molecule has 0 aliphatic carbocycles. The Morgan fingerprint density at radius 3 is 1.75 bits per heavy atom. The van der Waals surface area contributed by atoms with Gasteiger partial charge in [0.1, 0.15) is 0 Å². The fourth-order valence-electron chi connectivity index (χ4n) is 1.12. The van der Waals surface area contributed by atoms with E-state index >= 15 is 0 Å². The van der Waals surface area contributed by atoms with E-state index in [1.54, 1.807) is 24.3 Å². The summed E-state index contributed by atoms with van der Waals surface area (Å²) in [5, 5.41) is 2.20. The zero-order chi connectivity index (χ0) is 7.84. The maximum absolute atomic E-state index is 10.9. The average molecular weight is 248 g/mol. The van der Waals surface area contributed by atoms with E-state index < -0.39 is 0 Å². The molecule has 0 spiro atoms. The number of imide groups is 1. The van der Waals surface area contributed by atoms with E-state index in [2.05, 4.69) is 5.32 Å². The zero-order valence-corrected chi connectivity index (χ0v) is 7.72. The van der Waals surface area contributed by atoms with E-state index in [0.717, 1.165) is 0 Å². The topological polar surface area (TPSA) is 46.2 Å². The smallest absolute Gasteiger partial charge is 0.258 e. The van der Waals surface area contributed by atoms with Gasteiger partial charge >= 0.3 is 0 Å². The second-order valence-corrected chi connectivity index (χ2v) is 2.33. The summed E-state index contributed by atoms with van der Waals surface area (Å²) in [5.74, 6) is -0.601. The van der Waals surface area contributed by atoms with Crippen molar-refractivity contribution in [3.05, 3.63) is 35.4 Å². The van der Waals surface area contributed by atoms with Crippen LogP contribution in [0.2, 0.25) is 0 Å². The molecule has 1 heterocycles. The molecule has 1 N–H and O–H groups in total. The van der Waals surface area contributed by atoms with Gasteiger partial charge in [-0.15, -0.1) is 0 Å². The van der Waals surface area contributed by atoms with Gasteiger partial charge in [-0.3, -0.25) is 14.9 Å². The third-order valence-corrected chi connectivity index (χ3v) is 1.64. The zero-order valence-electron chi connectivity index (χ0n) is 5.98. The molecule has 0 saturated heterocycles. The minimum Gasteiger partial charge on any atom is -0.288 e. The molecule has 1 aromatic carbocycles. The minimum absolute atomic E-state index is 0. The van der Waals surface area contributed by atoms with Crippen molar-refractivity contribution >= 4 is 11.8 Å². The molecule has 12 heavy (non-hydrogen) atoms. The van der Waals surface area contributed by atoms with Crippen LogP contribution >= 0.6 is 0 Å². The summed E-state index contributed by atoms with van der Waals surface area (Å²) in [6.45, 7) is 0. The van der Waals surface area contributed by atoms with Crippen molar-refractivity contribution in [1.29, 1.82) is 0 Å². The normalized spacial score (nSPS) is 13.3. The maximum atomic E-state index is 10.9. The molecule has 0 bridgehead atoms. The monoisotopic (exact) mass is 249 g/mol. The molecule has 3 nitrogen and oxygen atoms in total. The van der Waals surface area contributed by atoms with E-state index in [1.807, 2.05) is 0 Å². The van der Waals surface area contributed by atoms with Crippen molar-refractivity contribution in [2.24, 2.45) is 0 Å². The van der Waals surface area contributed by atoms with Gasteiger partial charge in [0.15, 0.2) is 0 Å². The van der Waals surface area contributed by atoms with Crippen molar-refractivity contribution in [3.63, 3.8) is 0 Å². The molecule has 0 unspecified atom stereocenters. The first-order valence-electron chi connectivity index (χ1n) is 3.24. The number of carbonyl (C=O) groups is 2. The Morgan fingerprint density at radius 2 is 1.33 bits per heavy atom. The van der Waals surface area contributed by atoms with Crippen LogP contribution < -0.4 is 5.32 Å². The van der Waals surface area contributed by atoms with Gasteiger partial charge in [-0.2, -0.15) is 0 Å². The molecule has 4 heteroatoms. The third kappa shape index (κ3) is 1.18. The van der Waals surface area contributed by atoms with E-state index in [4.69, 9.17) is 0 Å². The predicted molar refractivity (Wildman–Crippen MR) is 38.2 cm³/mol. The molecular weight excluding hydrogens is 243 g/mol. The van der Waals surface area contributed by atoms with Crippen molar-refractivity contribution in [2.45, 2.75) is 0 Å². The number of hydrogen-bond donors (Lipinski definition) is 1. The first-order valence-corrected chi connectivity index (χ1v) is 3.24. The van der Waals surface area contributed by atoms with E-state index in [-0.39, 0.29) is 31.3 Å². The van der Waals surface area contributed by atoms with Gasteiger partial charge in [-0.05, 0) is 12.1 Å². The number of amides is 2. The van der Waals surface area contributed by atoms with Gasteiger partial charge in [-0.1, -0.05) is 12.1 Å². The maximum Gasteiger partial charge on any atom is 0.258 e. The van der Waals surface area contributed by atoms with Gasteiger partial charge in [0, 0.05) is 19.5 Å². The van der Waals surface area contributed by atoms with Crippen LogP contribution in [0.5, 0.6) is 0 Å². The van der Waals surface area contributed by atoms with Gasteiger partial charge in [-0.25, -0.2) is 0 Å². The van der Waals surface area contributed by atoms with Crippen LogP contribution in [-0.4, -0.2) is 11.8 Å². The average Bonchev–Trinajstić information content (AvgIpc) is 2.30. The second kappa shape index (κ2) is 3.15. The Bertz CT molecular complexity index is 316. The largest absolute Gasteiger partial charge is 0.288 e. The van der Waals surface area contributed by atoms with Crippen LogP contribution in [0.25, 0.3) is 0 Å². The Labute approximate surface area is 81.9 Å². The summed E-state index contributed by atoms with van der Waals surface area (Å²) in [6, 6.07) is 6.74. The van der Waals surface area contributed by atoms with Gasteiger partial charge in [0.25, 0.3) is 11.8 Å². The van der Waals surface area contributed by atoms with Crippen LogP contribution in [-0.2, 0) is 19.5 Å². The predicted octanol–water partition coefficient (Wildman–Crippen LogP) is 0.568. The number of hydrogen-bond acceptors (Lipinski definition) is 2. The van der Waals surface area contributed by atoms with E-state index in [9.17, 15) is 9.59 Å². The first kappa shape index (κ1) is 9.07. The third-order valence-electron chi connectivity index (χ3n) is 1.64. The molecular formula is C8H5NO2Ru. The van der Waals surface area contributed by atoms with Crippen LogP contribution in [0.15, 0.2) is 24.3 Å². The first-order chi connectivity index (χ1) is 5.29. The summed E-state index contributed by atoms with van der Waals surface area (Å²) in [4.78, 5) is 21.9. The molecule has 0 atom stereocenters. The van der Waals surface area contributed by atoms with Crippen molar-refractivity contribution in [3.8, 4) is 0 Å². The molecule has 2 rings (SSSR count). The summed E-state index contributed by atoms with van der Waals surface area (Å²) >= 11 is 0. The molecule has 1 aromatic rings. The molecule has 1 aliphatic heterocycles. The fraction of sp³-hybridized carbons (Fsp3) is 0. The molecule has 0 saturated carbocycles. The second-order valence-electron chi connectivity index (χ2n) is 2.33. The standard InChI is InChI=1S/C8H5NO2.Ru/c10-7-5-3-1-2-4-6(5)8(11)9-7;/h1-4H,(H,9,10,11);. The van der Waals surface area contributed by atoms with Crippen molar-refractivity contribution in [2.75, 3.05) is 0 Å². The van der Waals surface area contributed by atoms with Gasteiger partial charge in [0.2, 0.25) is 0 Å². The van der Waals surface area contributed by atoms with Crippen LogP contribution in [0.1, 0.15) is 20.7 Å². The van der Waals surface area contributed by atoms with Crippen molar-refractivity contribution < 1.29 is 29.1 Å².